The van der Waals surface area contributed by atoms with Crippen molar-refractivity contribution in [3.8, 4) is 5.75 Å². The molecule has 0 bridgehead atoms. The Hall–Kier alpha value is -1.75. The average molecular weight is 325 g/mol. The highest BCUT2D eigenvalue weighted by molar-refractivity contribution is 6.32. The van der Waals surface area contributed by atoms with Crippen LogP contribution in [0.4, 0.5) is 0 Å². The fraction of sp³-hybridized carbons (Fsp3) is 0.500. The van der Waals surface area contributed by atoms with Gasteiger partial charge in [-0.15, -0.1) is 0 Å². The predicted molar refractivity (Wildman–Crippen MR) is 85.0 cm³/mol. The van der Waals surface area contributed by atoms with Gasteiger partial charge in [0.25, 0.3) is 5.91 Å². The molecule has 0 aliphatic carbocycles. The lowest BCUT2D eigenvalue weighted by Crippen LogP contribution is -2.45. The number of carbonyl (C=O) groups excluding carboxylic acids is 2. The number of benzene rings is 1. The minimum Gasteiger partial charge on any atom is -0.482 e. The van der Waals surface area contributed by atoms with Crippen molar-refractivity contribution >= 4 is 23.4 Å². The van der Waals surface area contributed by atoms with E-state index in [2.05, 4.69) is 5.32 Å². The Morgan fingerprint density at radius 3 is 2.68 bits per heavy atom. The van der Waals surface area contributed by atoms with Crippen molar-refractivity contribution < 1.29 is 14.3 Å². The third-order valence-corrected chi connectivity index (χ3v) is 3.81. The molecule has 1 fully saturated rings. The highest BCUT2D eigenvalue weighted by atomic mass is 35.5. The minimum absolute atomic E-state index is 0.0600. The molecular weight excluding hydrogens is 304 g/mol. The van der Waals surface area contributed by atoms with Crippen molar-refractivity contribution in [2.24, 2.45) is 0 Å². The first-order valence-electron chi connectivity index (χ1n) is 7.24. The lowest BCUT2D eigenvalue weighted by Gasteiger charge is -2.32. The molecule has 0 saturated carbocycles. The van der Waals surface area contributed by atoms with Gasteiger partial charge in [-0.05, 0) is 32.9 Å². The first-order valence-corrected chi connectivity index (χ1v) is 7.62. The molecule has 1 aromatic rings. The molecule has 2 amide bonds. The number of para-hydroxylation sites is 1. The molecular formula is C16H21ClN2O3. The Labute approximate surface area is 135 Å². The van der Waals surface area contributed by atoms with Gasteiger partial charge in [-0.25, -0.2) is 0 Å². The number of rotatable bonds is 4. The van der Waals surface area contributed by atoms with Gasteiger partial charge in [0.1, 0.15) is 5.75 Å². The summed E-state index contributed by atoms with van der Waals surface area (Å²) in [5, 5.41) is 3.29. The van der Waals surface area contributed by atoms with Crippen LogP contribution in [0.5, 0.6) is 5.75 Å². The van der Waals surface area contributed by atoms with E-state index in [9.17, 15) is 9.59 Å². The second-order valence-electron chi connectivity index (χ2n) is 6.36. The molecule has 1 N–H and O–H groups in total. The number of halogens is 1. The Morgan fingerprint density at radius 2 is 2.09 bits per heavy atom. The van der Waals surface area contributed by atoms with Gasteiger partial charge in [-0.3, -0.25) is 9.59 Å². The largest absolute Gasteiger partial charge is 0.482 e. The summed E-state index contributed by atoms with van der Waals surface area (Å²) >= 11 is 5.96. The Kier molecular flexibility index (Phi) is 4.96. The normalized spacial score (nSPS) is 18.5. The van der Waals surface area contributed by atoms with Crippen LogP contribution in [0.2, 0.25) is 5.02 Å². The summed E-state index contributed by atoms with van der Waals surface area (Å²) in [4.78, 5) is 25.7. The summed E-state index contributed by atoms with van der Waals surface area (Å²) in [6.45, 7) is 6.35. The molecule has 0 unspecified atom stereocenters. The maximum Gasteiger partial charge on any atom is 0.258 e. The van der Waals surface area contributed by atoms with Crippen molar-refractivity contribution in [1.29, 1.82) is 0 Å². The molecule has 6 heteroatoms. The first kappa shape index (κ1) is 16.6. The summed E-state index contributed by atoms with van der Waals surface area (Å²) in [7, 11) is 0. The van der Waals surface area contributed by atoms with Crippen molar-refractivity contribution in [2.75, 3.05) is 13.2 Å². The molecule has 1 aliphatic heterocycles. The summed E-state index contributed by atoms with van der Waals surface area (Å²) in [6.07, 6.45) is 0.328. The van der Waals surface area contributed by atoms with Gasteiger partial charge in [0.05, 0.1) is 11.1 Å². The van der Waals surface area contributed by atoms with Crippen LogP contribution in [0.25, 0.3) is 0 Å². The van der Waals surface area contributed by atoms with Crippen LogP contribution in [0.1, 0.15) is 27.2 Å². The zero-order chi connectivity index (χ0) is 16.3. The highest BCUT2D eigenvalue weighted by Gasteiger charge is 2.36. The predicted octanol–water partition coefficient (Wildman–Crippen LogP) is 2.23. The van der Waals surface area contributed by atoms with E-state index >= 15 is 0 Å². The Balaban J connectivity index is 1.84. The second kappa shape index (κ2) is 6.57. The van der Waals surface area contributed by atoms with E-state index in [0.717, 1.165) is 0 Å². The zero-order valence-corrected chi connectivity index (χ0v) is 13.8. The molecule has 0 radical (unpaired) electrons. The van der Waals surface area contributed by atoms with Crippen molar-refractivity contribution in [3.05, 3.63) is 29.3 Å². The Morgan fingerprint density at radius 1 is 1.41 bits per heavy atom. The van der Waals surface area contributed by atoms with E-state index in [-0.39, 0.29) is 30.0 Å². The van der Waals surface area contributed by atoms with E-state index in [0.29, 0.717) is 23.7 Å². The van der Waals surface area contributed by atoms with Gasteiger partial charge in [0.2, 0.25) is 5.91 Å². The van der Waals surface area contributed by atoms with Crippen molar-refractivity contribution in [1.82, 2.24) is 10.2 Å². The monoisotopic (exact) mass is 324 g/mol. The highest BCUT2D eigenvalue weighted by Crippen LogP contribution is 2.23. The third-order valence-electron chi connectivity index (χ3n) is 3.50. The average Bonchev–Trinajstić information content (AvgIpc) is 2.78. The molecule has 22 heavy (non-hydrogen) atoms. The van der Waals surface area contributed by atoms with Gasteiger partial charge in [-0.2, -0.15) is 0 Å². The molecule has 2 rings (SSSR count). The summed E-state index contributed by atoms with van der Waals surface area (Å²) < 4.78 is 5.39. The van der Waals surface area contributed by atoms with Crippen LogP contribution in [0.15, 0.2) is 24.3 Å². The van der Waals surface area contributed by atoms with E-state index in [4.69, 9.17) is 16.3 Å². The number of hydrogen-bond donors (Lipinski definition) is 1. The fourth-order valence-corrected chi connectivity index (χ4v) is 2.62. The lowest BCUT2D eigenvalue weighted by atomic mass is 10.1. The fourth-order valence-electron chi connectivity index (χ4n) is 2.43. The SMILES string of the molecule is CC(C)(C)N1C[C@@H](NC(=O)COc2ccccc2Cl)CC1=O. The quantitative estimate of drug-likeness (QED) is 0.924. The lowest BCUT2D eigenvalue weighted by molar-refractivity contribution is -0.131. The summed E-state index contributed by atoms with van der Waals surface area (Å²) in [5.41, 5.74) is -0.232. The maximum atomic E-state index is 12.0. The summed E-state index contributed by atoms with van der Waals surface area (Å²) in [6, 6.07) is 6.81. The molecule has 120 valence electrons. The number of ether oxygens (including phenoxy) is 1. The van der Waals surface area contributed by atoms with Gasteiger partial charge in [0, 0.05) is 18.5 Å². The molecule has 1 saturated heterocycles. The Bertz CT molecular complexity index is 569. The molecule has 1 aromatic carbocycles. The van der Waals surface area contributed by atoms with E-state index in [1.165, 1.54) is 0 Å². The van der Waals surface area contributed by atoms with Gasteiger partial charge < -0.3 is 15.0 Å². The van der Waals surface area contributed by atoms with Crippen LogP contribution in [0, 0.1) is 0 Å². The number of amides is 2. The van der Waals surface area contributed by atoms with Crippen LogP contribution in [-0.2, 0) is 9.59 Å². The van der Waals surface area contributed by atoms with E-state index in [1.807, 2.05) is 20.8 Å². The molecule has 0 spiro atoms. The number of hydrogen-bond acceptors (Lipinski definition) is 3. The second-order valence-corrected chi connectivity index (χ2v) is 6.77. The number of nitrogens with zero attached hydrogens (tertiary/aromatic N) is 1. The van der Waals surface area contributed by atoms with Gasteiger partial charge >= 0.3 is 0 Å². The first-order chi connectivity index (χ1) is 10.3. The van der Waals surface area contributed by atoms with Crippen LogP contribution in [-0.4, -0.2) is 41.4 Å². The smallest absolute Gasteiger partial charge is 0.258 e. The van der Waals surface area contributed by atoms with Crippen LogP contribution < -0.4 is 10.1 Å². The summed E-state index contributed by atoms with van der Waals surface area (Å²) in [5.74, 6) is 0.274. The molecule has 1 atom stereocenters. The number of carbonyl (C=O) groups is 2. The topological polar surface area (TPSA) is 58.6 Å². The minimum atomic E-state index is -0.256. The third kappa shape index (κ3) is 4.13. The maximum absolute atomic E-state index is 12.0. The number of nitrogens with one attached hydrogen (secondary N) is 1. The molecule has 5 nitrogen and oxygen atoms in total. The zero-order valence-electron chi connectivity index (χ0n) is 13.1. The van der Waals surface area contributed by atoms with Crippen LogP contribution >= 0.6 is 11.6 Å². The van der Waals surface area contributed by atoms with Gasteiger partial charge in [-0.1, -0.05) is 23.7 Å². The molecule has 1 aliphatic rings. The van der Waals surface area contributed by atoms with E-state index < -0.39 is 0 Å². The standard InChI is InChI=1S/C16H21ClN2O3/c1-16(2,3)19-9-11(8-15(19)21)18-14(20)10-22-13-7-5-4-6-12(13)17/h4-7,11H,8-10H2,1-3H3,(H,18,20)/t11-/m0/s1. The molecule has 0 aromatic heterocycles. The van der Waals surface area contributed by atoms with Crippen molar-refractivity contribution in [3.63, 3.8) is 0 Å². The van der Waals surface area contributed by atoms with Gasteiger partial charge in [0.15, 0.2) is 6.61 Å². The number of likely N-dealkylation sites (tertiary alicyclic amines) is 1. The van der Waals surface area contributed by atoms with Crippen LogP contribution in [0.3, 0.4) is 0 Å². The molecule has 1 heterocycles. The van der Waals surface area contributed by atoms with E-state index in [1.54, 1.807) is 29.2 Å². The van der Waals surface area contributed by atoms with Crippen molar-refractivity contribution in [2.45, 2.75) is 38.8 Å².